The first kappa shape index (κ1) is 15.0. The number of pyridine rings is 1. The number of hydrogen-bond acceptors (Lipinski definition) is 3. The van der Waals surface area contributed by atoms with Crippen LogP contribution < -0.4 is 10.1 Å². The van der Waals surface area contributed by atoms with Crippen molar-refractivity contribution >= 4 is 11.6 Å². The van der Waals surface area contributed by atoms with E-state index >= 15 is 0 Å². The van der Waals surface area contributed by atoms with Crippen molar-refractivity contribution in [2.24, 2.45) is 0 Å². The number of carbonyl (C=O) groups excluding carboxylic acids is 1. The molecule has 0 saturated carbocycles. The number of amides is 1. The van der Waals surface area contributed by atoms with Crippen LogP contribution in [0.1, 0.15) is 37.0 Å². The van der Waals surface area contributed by atoms with Gasteiger partial charge in [0.2, 0.25) is 0 Å². The fourth-order valence-corrected chi connectivity index (χ4v) is 2.05. The second-order valence-electron chi connectivity index (χ2n) is 4.94. The maximum atomic E-state index is 12.1. The largest absolute Gasteiger partial charge is 0.491 e. The minimum Gasteiger partial charge on any atom is -0.491 e. The topological polar surface area (TPSA) is 51.2 Å². The van der Waals surface area contributed by atoms with Crippen LogP contribution in [0.2, 0.25) is 0 Å². The van der Waals surface area contributed by atoms with Crippen LogP contribution in [0, 0.1) is 0 Å². The fourth-order valence-electron chi connectivity index (χ4n) is 2.05. The maximum Gasteiger partial charge on any atom is 0.257 e. The Kier molecular flexibility index (Phi) is 5.32. The van der Waals surface area contributed by atoms with Gasteiger partial charge in [0.05, 0.1) is 11.7 Å². The number of hydrogen-bond donors (Lipinski definition) is 1. The van der Waals surface area contributed by atoms with Crippen LogP contribution in [0.3, 0.4) is 0 Å². The molecule has 0 radical (unpaired) electrons. The van der Waals surface area contributed by atoms with Crippen LogP contribution in [0.5, 0.6) is 5.75 Å². The van der Waals surface area contributed by atoms with E-state index in [4.69, 9.17) is 4.74 Å². The van der Waals surface area contributed by atoms with E-state index in [1.165, 1.54) is 0 Å². The van der Waals surface area contributed by atoms with E-state index in [0.29, 0.717) is 11.3 Å². The van der Waals surface area contributed by atoms with Gasteiger partial charge in [-0.25, -0.2) is 0 Å². The van der Waals surface area contributed by atoms with Gasteiger partial charge < -0.3 is 10.1 Å². The Labute approximate surface area is 125 Å². The Bertz CT molecular complexity index is 584. The van der Waals surface area contributed by atoms with Gasteiger partial charge >= 0.3 is 0 Å². The normalized spacial score (nSPS) is 11.7. The summed E-state index contributed by atoms with van der Waals surface area (Å²) in [5.41, 5.74) is 1.24. The first-order valence-electron chi connectivity index (χ1n) is 7.17. The van der Waals surface area contributed by atoms with Gasteiger partial charge in [0.25, 0.3) is 5.91 Å². The summed E-state index contributed by atoms with van der Waals surface area (Å²) in [6.07, 6.45) is 5.43. The highest BCUT2D eigenvalue weighted by atomic mass is 16.5. The summed E-state index contributed by atoms with van der Waals surface area (Å²) in [5, 5.41) is 2.84. The van der Waals surface area contributed by atoms with Crippen LogP contribution >= 0.6 is 0 Å². The number of nitrogens with zero attached hydrogens (tertiary/aromatic N) is 1. The number of nitrogens with one attached hydrogen (secondary N) is 1. The molecule has 1 atom stereocenters. The van der Waals surface area contributed by atoms with Gasteiger partial charge in [-0.2, -0.15) is 0 Å². The van der Waals surface area contributed by atoms with Gasteiger partial charge in [0.15, 0.2) is 0 Å². The van der Waals surface area contributed by atoms with Crippen LogP contribution in [0.4, 0.5) is 5.69 Å². The molecule has 4 nitrogen and oxygen atoms in total. The van der Waals surface area contributed by atoms with E-state index in [0.717, 1.165) is 18.6 Å². The van der Waals surface area contributed by atoms with Crippen LogP contribution in [0.15, 0.2) is 48.8 Å². The van der Waals surface area contributed by atoms with Crippen LogP contribution in [-0.2, 0) is 0 Å². The molecule has 110 valence electrons. The van der Waals surface area contributed by atoms with Gasteiger partial charge in [-0.15, -0.1) is 0 Å². The van der Waals surface area contributed by atoms with Crippen LogP contribution in [0.25, 0.3) is 0 Å². The van der Waals surface area contributed by atoms with Crippen molar-refractivity contribution in [1.29, 1.82) is 0 Å². The zero-order valence-electron chi connectivity index (χ0n) is 12.4. The van der Waals surface area contributed by atoms with E-state index in [-0.39, 0.29) is 12.0 Å². The molecule has 0 spiro atoms. The molecule has 0 aliphatic rings. The Balaban J connectivity index is 2.02. The Morgan fingerprint density at radius 2 is 2.19 bits per heavy atom. The van der Waals surface area contributed by atoms with E-state index in [1.54, 1.807) is 24.5 Å². The number of benzene rings is 1. The number of rotatable bonds is 6. The van der Waals surface area contributed by atoms with E-state index in [2.05, 4.69) is 17.2 Å². The molecule has 0 fully saturated rings. The molecular formula is C17H20N2O2. The molecule has 1 heterocycles. The molecule has 0 bridgehead atoms. The molecule has 2 rings (SSSR count). The molecule has 21 heavy (non-hydrogen) atoms. The van der Waals surface area contributed by atoms with Crippen LogP contribution in [-0.4, -0.2) is 17.0 Å². The molecular weight excluding hydrogens is 264 g/mol. The SMILES string of the molecule is CCCC(C)Oc1cccc(NC(=O)c2cccnc2)c1. The Hall–Kier alpha value is -2.36. The molecule has 0 aliphatic heterocycles. The second-order valence-corrected chi connectivity index (χ2v) is 4.94. The molecule has 1 unspecified atom stereocenters. The fraction of sp³-hybridized carbons (Fsp3) is 0.294. The Morgan fingerprint density at radius 1 is 1.33 bits per heavy atom. The van der Waals surface area contributed by atoms with Gasteiger partial charge in [-0.05, 0) is 37.6 Å². The highest BCUT2D eigenvalue weighted by Crippen LogP contribution is 2.20. The lowest BCUT2D eigenvalue weighted by molar-refractivity contribution is 0.102. The summed E-state index contributed by atoms with van der Waals surface area (Å²) in [6.45, 7) is 4.18. The van der Waals surface area contributed by atoms with E-state index in [9.17, 15) is 4.79 Å². The summed E-state index contributed by atoms with van der Waals surface area (Å²) >= 11 is 0. The number of carbonyl (C=O) groups is 1. The van der Waals surface area contributed by atoms with Gasteiger partial charge in [-0.3, -0.25) is 9.78 Å². The van der Waals surface area contributed by atoms with Gasteiger partial charge in [0.1, 0.15) is 5.75 Å². The minimum absolute atomic E-state index is 0.166. The molecule has 4 heteroatoms. The average molecular weight is 284 g/mol. The lowest BCUT2D eigenvalue weighted by atomic mass is 10.2. The smallest absolute Gasteiger partial charge is 0.257 e. The molecule has 0 aliphatic carbocycles. The van der Waals surface area contributed by atoms with Crippen molar-refractivity contribution in [3.63, 3.8) is 0 Å². The summed E-state index contributed by atoms with van der Waals surface area (Å²) in [7, 11) is 0. The summed E-state index contributed by atoms with van der Waals surface area (Å²) < 4.78 is 5.82. The number of anilines is 1. The Morgan fingerprint density at radius 3 is 2.90 bits per heavy atom. The molecule has 1 aromatic carbocycles. The number of ether oxygens (including phenoxy) is 1. The standard InChI is InChI=1S/C17H20N2O2/c1-3-6-13(2)21-16-9-4-8-15(11-16)19-17(20)14-7-5-10-18-12-14/h4-5,7-13H,3,6H2,1-2H3,(H,19,20). The summed E-state index contributed by atoms with van der Waals surface area (Å²) in [6, 6.07) is 10.9. The van der Waals surface area contributed by atoms with Crippen molar-refractivity contribution < 1.29 is 9.53 Å². The van der Waals surface area contributed by atoms with E-state index in [1.807, 2.05) is 31.2 Å². The summed E-state index contributed by atoms with van der Waals surface area (Å²) in [4.78, 5) is 16.0. The highest BCUT2D eigenvalue weighted by Gasteiger charge is 2.07. The third-order valence-corrected chi connectivity index (χ3v) is 3.05. The lowest BCUT2D eigenvalue weighted by Crippen LogP contribution is -2.13. The summed E-state index contributed by atoms with van der Waals surface area (Å²) in [5.74, 6) is 0.585. The third-order valence-electron chi connectivity index (χ3n) is 3.05. The second kappa shape index (κ2) is 7.43. The predicted octanol–water partition coefficient (Wildman–Crippen LogP) is 3.90. The van der Waals surface area contributed by atoms with E-state index < -0.39 is 0 Å². The number of aromatic nitrogens is 1. The minimum atomic E-state index is -0.179. The predicted molar refractivity (Wildman–Crippen MR) is 83.6 cm³/mol. The van der Waals surface area contributed by atoms with Crippen molar-refractivity contribution in [3.8, 4) is 5.75 Å². The maximum absolute atomic E-state index is 12.1. The van der Waals surface area contributed by atoms with Crippen molar-refractivity contribution in [2.75, 3.05) is 5.32 Å². The molecule has 1 amide bonds. The van der Waals surface area contributed by atoms with Gasteiger partial charge in [0, 0.05) is 24.1 Å². The quantitative estimate of drug-likeness (QED) is 0.875. The highest BCUT2D eigenvalue weighted by molar-refractivity contribution is 6.04. The van der Waals surface area contributed by atoms with Crippen molar-refractivity contribution in [3.05, 3.63) is 54.4 Å². The first-order chi connectivity index (χ1) is 10.2. The molecule has 1 N–H and O–H groups in total. The molecule has 0 saturated heterocycles. The molecule has 1 aromatic heterocycles. The van der Waals surface area contributed by atoms with Crippen molar-refractivity contribution in [2.45, 2.75) is 32.8 Å². The lowest BCUT2D eigenvalue weighted by Gasteiger charge is -2.14. The zero-order chi connectivity index (χ0) is 15.1. The average Bonchev–Trinajstić information content (AvgIpc) is 2.48. The molecule has 2 aromatic rings. The van der Waals surface area contributed by atoms with Gasteiger partial charge in [-0.1, -0.05) is 19.4 Å². The zero-order valence-corrected chi connectivity index (χ0v) is 12.4. The monoisotopic (exact) mass is 284 g/mol. The third kappa shape index (κ3) is 4.60. The van der Waals surface area contributed by atoms with Crippen molar-refractivity contribution in [1.82, 2.24) is 4.98 Å². The first-order valence-corrected chi connectivity index (χ1v) is 7.17.